The van der Waals surface area contributed by atoms with Gasteiger partial charge < -0.3 is 14.9 Å². The minimum absolute atomic E-state index is 0.0629. The summed E-state index contributed by atoms with van der Waals surface area (Å²) in [5.41, 5.74) is 0.869. The number of terminal acetylenes is 1. The summed E-state index contributed by atoms with van der Waals surface area (Å²) in [5.74, 6) is 3.51. The summed E-state index contributed by atoms with van der Waals surface area (Å²) >= 11 is 0. The molecule has 5 heteroatoms. The fourth-order valence-corrected chi connectivity index (χ4v) is 2.63. The average Bonchev–Trinajstić information content (AvgIpc) is 2.52. The highest BCUT2D eigenvalue weighted by Gasteiger charge is 2.17. The van der Waals surface area contributed by atoms with Crippen LogP contribution in [0.1, 0.15) is 26.2 Å². The van der Waals surface area contributed by atoms with Gasteiger partial charge in [0.25, 0.3) is 0 Å². The molecule has 0 bridgehead atoms. The number of rotatable bonds is 6. The zero-order valence-corrected chi connectivity index (χ0v) is 13.0. The van der Waals surface area contributed by atoms with Crippen LogP contribution in [0.5, 0.6) is 0 Å². The van der Waals surface area contributed by atoms with Crippen LogP contribution in [0.15, 0.2) is 18.3 Å². The van der Waals surface area contributed by atoms with E-state index in [0.717, 1.165) is 30.5 Å². The predicted molar refractivity (Wildman–Crippen MR) is 88.1 cm³/mol. The summed E-state index contributed by atoms with van der Waals surface area (Å²) in [7, 11) is 0. The van der Waals surface area contributed by atoms with Gasteiger partial charge in [-0.15, -0.1) is 6.42 Å². The van der Waals surface area contributed by atoms with E-state index in [-0.39, 0.29) is 6.42 Å². The SMILES string of the molecule is C#CCN(CCC(=O)O)c1ccc(N2CCC(C)CC2)nc1. The zero-order chi connectivity index (χ0) is 15.9. The van der Waals surface area contributed by atoms with Crippen molar-refractivity contribution in [2.75, 3.05) is 36.0 Å². The van der Waals surface area contributed by atoms with Crippen molar-refractivity contribution >= 4 is 17.5 Å². The smallest absolute Gasteiger partial charge is 0.305 e. The van der Waals surface area contributed by atoms with Crippen LogP contribution in [0.2, 0.25) is 0 Å². The van der Waals surface area contributed by atoms with Gasteiger partial charge in [-0.25, -0.2) is 4.98 Å². The highest BCUT2D eigenvalue weighted by molar-refractivity contribution is 5.67. The summed E-state index contributed by atoms with van der Waals surface area (Å²) in [4.78, 5) is 19.4. The molecule has 2 heterocycles. The summed E-state index contributed by atoms with van der Waals surface area (Å²) in [6.45, 7) is 5.15. The van der Waals surface area contributed by atoms with Crippen LogP contribution >= 0.6 is 0 Å². The highest BCUT2D eigenvalue weighted by atomic mass is 16.4. The van der Waals surface area contributed by atoms with Crippen molar-refractivity contribution in [3.8, 4) is 12.3 Å². The second-order valence-corrected chi connectivity index (χ2v) is 5.81. The molecule has 1 saturated heterocycles. The van der Waals surface area contributed by atoms with E-state index in [9.17, 15) is 4.79 Å². The fourth-order valence-electron chi connectivity index (χ4n) is 2.63. The van der Waals surface area contributed by atoms with Gasteiger partial charge in [0.05, 0.1) is 24.8 Å². The largest absolute Gasteiger partial charge is 0.481 e. The molecule has 1 aromatic heterocycles. The number of hydrogen-bond donors (Lipinski definition) is 1. The maximum atomic E-state index is 10.7. The molecule has 0 aromatic carbocycles. The van der Waals surface area contributed by atoms with E-state index in [1.54, 1.807) is 6.20 Å². The van der Waals surface area contributed by atoms with Crippen molar-refractivity contribution in [1.29, 1.82) is 0 Å². The van der Waals surface area contributed by atoms with E-state index in [4.69, 9.17) is 11.5 Å². The molecule has 1 N–H and O–H groups in total. The monoisotopic (exact) mass is 301 g/mol. The molecule has 0 unspecified atom stereocenters. The lowest BCUT2D eigenvalue weighted by molar-refractivity contribution is -0.136. The molecule has 0 spiro atoms. The van der Waals surface area contributed by atoms with Crippen LogP contribution in [-0.2, 0) is 4.79 Å². The number of carboxylic acids is 1. The number of aliphatic carboxylic acids is 1. The van der Waals surface area contributed by atoms with Gasteiger partial charge in [0.2, 0.25) is 0 Å². The van der Waals surface area contributed by atoms with E-state index in [0.29, 0.717) is 13.1 Å². The number of hydrogen-bond acceptors (Lipinski definition) is 4. The van der Waals surface area contributed by atoms with Gasteiger partial charge in [-0.1, -0.05) is 12.8 Å². The fraction of sp³-hybridized carbons (Fsp3) is 0.529. The molecule has 0 atom stereocenters. The molecule has 1 aliphatic heterocycles. The first-order valence-electron chi connectivity index (χ1n) is 7.71. The van der Waals surface area contributed by atoms with Gasteiger partial charge in [-0.05, 0) is 30.9 Å². The van der Waals surface area contributed by atoms with Crippen molar-refractivity contribution in [3.63, 3.8) is 0 Å². The Kier molecular flexibility index (Phi) is 5.65. The highest BCUT2D eigenvalue weighted by Crippen LogP contribution is 2.23. The second-order valence-electron chi connectivity index (χ2n) is 5.81. The average molecular weight is 301 g/mol. The van der Waals surface area contributed by atoms with Crippen molar-refractivity contribution in [2.45, 2.75) is 26.2 Å². The number of aromatic nitrogens is 1. The molecule has 118 valence electrons. The van der Waals surface area contributed by atoms with Crippen molar-refractivity contribution < 1.29 is 9.90 Å². The molecule has 0 aliphatic carbocycles. The molecule has 2 rings (SSSR count). The first-order valence-corrected chi connectivity index (χ1v) is 7.71. The Bertz CT molecular complexity index is 528. The quantitative estimate of drug-likeness (QED) is 0.817. The molecular formula is C17H23N3O2. The maximum absolute atomic E-state index is 10.7. The van der Waals surface area contributed by atoms with Gasteiger partial charge in [0.1, 0.15) is 5.82 Å². The Labute approximate surface area is 131 Å². The summed E-state index contributed by atoms with van der Waals surface area (Å²) in [6.07, 6.45) is 9.61. The third-order valence-corrected chi connectivity index (χ3v) is 4.08. The Morgan fingerprint density at radius 1 is 1.50 bits per heavy atom. The van der Waals surface area contributed by atoms with Crippen LogP contribution < -0.4 is 9.80 Å². The number of carbonyl (C=O) groups is 1. The zero-order valence-electron chi connectivity index (χ0n) is 13.0. The molecule has 0 saturated carbocycles. The summed E-state index contributed by atoms with van der Waals surface area (Å²) in [6, 6.07) is 3.97. The number of piperidine rings is 1. The first-order chi connectivity index (χ1) is 10.6. The third-order valence-electron chi connectivity index (χ3n) is 4.08. The number of nitrogens with zero attached hydrogens (tertiary/aromatic N) is 3. The van der Waals surface area contributed by atoms with E-state index in [2.05, 4.69) is 22.7 Å². The van der Waals surface area contributed by atoms with Gasteiger partial charge in [0.15, 0.2) is 0 Å². The topological polar surface area (TPSA) is 56.7 Å². The van der Waals surface area contributed by atoms with E-state index >= 15 is 0 Å². The summed E-state index contributed by atoms with van der Waals surface area (Å²) < 4.78 is 0. The molecule has 5 nitrogen and oxygen atoms in total. The van der Waals surface area contributed by atoms with Crippen LogP contribution in [-0.4, -0.2) is 42.2 Å². The third kappa shape index (κ3) is 4.39. The van der Waals surface area contributed by atoms with E-state index in [1.165, 1.54) is 12.8 Å². The number of anilines is 2. The van der Waals surface area contributed by atoms with Crippen LogP contribution in [0.3, 0.4) is 0 Å². The maximum Gasteiger partial charge on any atom is 0.305 e. The molecular weight excluding hydrogens is 278 g/mol. The minimum Gasteiger partial charge on any atom is -0.481 e. The lowest BCUT2D eigenvalue weighted by Crippen LogP contribution is -2.33. The lowest BCUT2D eigenvalue weighted by Gasteiger charge is -2.31. The van der Waals surface area contributed by atoms with Crippen molar-refractivity contribution in [2.24, 2.45) is 5.92 Å². The normalized spacial score (nSPS) is 15.4. The predicted octanol–water partition coefficient (Wildman–Crippen LogP) is 2.23. The van der Waals surface area contributed by atoms with E-state index in [1.807, 2.05) is 17.0 Å². The molecule has 1 fully saturated rings. The van der Waals surface area contributed by atoms with Gasteiger partial charge in [-0.3, -0.25) is 4.79 Å². The molecule has 0 radical (unpaired) electrons. The molecule has 1 aliphatic rings. The Hall–Kier alpha value is -2.22. The molecule has 1 aromatic rings. The second kappa shape index (κ2) is 7.69. The van der Waals surface area contributed by atoms with Crippen LogP contribution in [0, 0.1) is 18.3 Å². The summed E-state index contributed by atoms with van der Waals surface area (Å²) in [5, 5.41) is 8.81. The van der Waals surface area contributed by atoms with Crippen LogP contribution in [0.25, 0.3) is 0 Å². The Balaban J connectivity index is 2.02. The van der Waals surface area contributed by atoms with E-state index < -0.39 is 5.97 Å². The minimum atomic E-state index is -0.825. The van der Waals surface area contributed by atoms with Gasteiger partial charge >= 0.3 is 5.97 Å². The standard InChI is InChI=1S/C17H23N3O2/c1-3-9-19(12-8-17(21)22)15-4-5-16(18-13-15)20-10-6-14(2)7-11-20/h1,4-5,13-14H,6-12H2,2H3,(H,21,22). The number of carboxylic acid groups (broad SMARTS) is 1. The van der Waals surface area contributed by atoms with Gasteiger partial charge in [-0.2, -0.15) is 0 Å². The van der Waals surface area contributed by atoms with Crippen molar-refractivity contribution in [1.82, 2.24) is 4.98 Å². The number of pyridine rings is 1. The first kappa shape index (κ1) is 16.2. The molecule has 0 amide bonds. The Morgan fingerprint density at radius 2 is 2.23 bits per heavy atom. The van der Waals surface area contributed by atoms with Crippen LogP contribution in [0.4, 0.5) is 11.5 Å². The Morgan fingerprint density at radius 3 is 2.77 bits per heavy atom. The van der Waals surface area contributed by atoms with Crippen molar-refractivity contribution in [3.05, 3.63) is 18.3 Å². The molecule has 22 heavy (non-hydrogen) atoms. The van der Waals surface area contributed by atoms with Gasteiger partial charge in [0, 0.05) is 19.6 Å². The lowest BCUT2D eigenvalue weighted by atomic mass is 9.99.